The molecule has 1 aromatic carbocycles. The van der Waals surface area contributed by atoms with Crippen LogP contribution < -0.4 is 10.8 Å². The van der Waals surface area contributed by atoms with Crippen LogP contribution in [0.1, 0.15) is 27.8 Å². The van der Waals surface area contributed by atoms with E-state index in [0.717, 1.165) is 0 Å². The fourth-order valence-electron chi connectivity index (χ4n) is 1.65. The molecule has 0 saturated heterocycles. The van der Waals surface area contributed by atoms with Gasteiger partial charge in [-0.25, -0.2) is 8.42 Å². The number of alkyl halides is 3. The summed E-state index contributed by atoms with van der Waals surface area (Å²) >= 11 is 1.39. The molecule has 0 aliphatic carbocycles. The molecule has 0 unspecified atom stereocenters. The topological polar surface area (TPSA) is 155 Å². The minimum atomic E-state index is -6.09. The van der Waals surface area contributed by atoms with E-state index >= 15 is 0 Å². The molecule has 0 saturated carbocycles. The molecule has 4 N–H and O–H groups in total. The van der Waals surface area contributed by atoms with Gasteiger partial charge in [-0.3, -0.25) is 0 Å². The Kier molecular flexibility index (Phi) is 18.0. The van der Waals surface area contributed by atoms with Crippen molar-refractivity contribution in [1.29, 1.82) is 0 Å². The van der Waals surface area contributed by atoms with Gasteiger partial charge in [-0.15, -0.1) is 0 Å². The zero-order chi connectivity index (χ0) is 21.5. The van der Waals surface area contributed by atoms with Crippen LogP contribution in [0.4, 0.5) is 13.2 Å². The van der Waals surface area contributed by atoms with Crippen molar-refractivity contribution in [3.8, 4) is 0 Å². The summed E-state index contributed by atoms with van der Waals surface area (Å²) in [6.07, 6.45) is 1.79. The minimum Gasteiger partial charge on any atom is -0.741 e. The first-order chi connectivity index (χ1) is 11.5. The van der Waals surface area contributed by atoms with Crippen LogP contribution in [0.2, 0.25) is 0 Å². The van der Waals surface area contributed by atoms with Crippen molar-refractivity contribution in [3.63, 3.8) is 0 Å². The normalized spacial score (nSPS) is 11.5. The number of thioether (sulfide) groups is 1. The summed E-state index contributed by atoms with van der Waals surface area (Å²) in [5.41, 5.74) is 6.74. The van der Waals surface area contributed by atoms with Gasteiger partial charge in [-0.05, 0) is 6.26 Å². The zero-order valence-corrected chi connectivity index (χ0v) is 20.2. The molecule has 0 radical (unpaired) electrons. The maximum Gasteiger partial charge on any atom is 3.00 e. The van der Waals surface area contributed by atoms with Gasteiger partial charge in [0, 0.05) is 5.75 Å². The van der Waals surface area contributed by atoms with Crippen LogP contribution in [0.5, 0.6) is 0 Å². The van der Waals surface area contributed by atoms with Gasteiger partial charge in [0.2, 0.25) is 0 Å². The molecule has 0 spiro atoms. The molecule has 1 rings (SSSR count). The molecule has 0 aliphatic rings. The molecule has 13 heteroatoms. The van der Waals surface area contributed by atoms with E-state index in [4.69, 9.17) is 18.7 Å². The SMILES string of the molecule is CSC[C@H](N)C(=O)[O-].Cc1c(C)c(C)[c-](C)c1C.O.O=S(=O)([O-])C(F)(F)F.[Ir+3]. The van der Waals surface area contributed by atoms with Crippen molar-refractivity contribution in [2.75, 3.05) is 12.0 Å². The van der Waals surface area contributed by atoms with E-state index in [1.165, 1.54) is 39.6 Å². The number of carboxylic acid groups (broad SMARTS) is 1. The summed E-state index contributed by atoms with van der Waals surface area (Å²) in [4.78, 5) is 9.84. The van der Waals surface area contributed by atoms with E-state index in [1.54, 1.807) is 6.26 Å². The zero-order valence-electron chi connectivity index (χ0n) is 16.2. The van der Waals surface area contributed by atoms with Crippen molar-refractivity contribution >= 4 is 27.8 Å². The molecule has 0 fully saturated rings. The summed E-state index contributed by atoms with van der Waals surface area (Å²) in [5, 5.41) is 9.84. The van der Waals surface area contributed by atoms with E-state index < -0.39 is 27.6 Å². The Labute approximate surface area is 181 Å². The Morgan fingerprint density at radius 3 is 1.54 bits per heavy atom. The molecular formula is C15H25F3IrNO6S2. The van der Waals surface area contributed by atoms with Crippen LogP contribution in [-0.4, -0.2) is 48.0 Å². The standard InChI is InChI=1S/C10H15.C4H9NO2S.CHF3O3S.Ir.H2O/c1-6-7(2)9(4)10(5)8(6)3;1-8-2-3(5)4(6)7;2-1(3,4)8(5,6)7;;/h1-5H3;3H,2,5H2,1H3,(H,6,7);(H,5,6,7);;1H2/q-1;;;+3;/p-2/t;3-;;;/m.0.../s1. The predicted molar refractivity (Wildman–Crippen MR) is 96.5 cm³/mol. The Balaban J connectivity index is -0.000000151. The van der Waals surface area contributed by atoms with E-state index in [1.807, 2.05) is 0 Å². The Bertz CT molecular complexity index is 625. The van der Waals surface area contributed by atoms with Crippen LogP contribution >= 0.6 is 11.8 Å². The monoisotopic (exact) mass is 629 g/mol. The largest absolute Gasteiger partial charge is 3.00 e. The van der Waals surface area contributed by atoms with Crippen LogP contribution in [-0.2, 0) is 35.0 Å². The molecule has 1 aromatic rings. The fraction of sp³-hybridized carbons (Fsp3) is 0.600. The molecule has 0 heterocycles. The molecule has 168 valence electrons. The Morgan fingerprint density at radius 2 is 1.46 bits per heavy atom. The molecule has 7 nitrogen and oxygen atoms in total. The number of carbonyl (C=O) groups is 1. The van der Waals surface area contributed by atoms with Gasteiger partial charge in [0.05, 0.1) is 12.0 Å². The molecule has 28 heavy (non-hydrogen) atoms. The third kappa shape index (κ3) is 12.1. The summed E-state index contributed by atoms with van der Waals surface area (Å²) < 4.78 is 58.9. The Hall–Kier alpha value is -0.561. The second kappa shape index (κ2) is 14.4. The molecular weight excluding hydrogens is 604 g/mol. The molecule has 0 aliphatic heterocycles. The molecule has 0 aromatic heterocycles. The number of aliphatic carboxylic acids is 1. The second-order valence-corrected chi connectivity index (χ2v) is 7.69. The summed E-state index contributed by atoms with van der Waals surface area (Å²) in [6, 6.07) is -0.815. The average Bonchev–Trinajstić information content (AvgIpc) is 2.65. The van der Waals surface area contributed by atoms with Gasteiger partial charge >= 0.3 is 25.6 Å². The van der Waals surface area contributed by atoms with Crippen LogP contribution in [0.25, 0.3) is 0 Å². The van der Waals surface area contributed by atoms with Gasteiger partial charge in [0.15, 0.2) is 10.1 Å². The first-order valence-electron chi connectivity index (χ1n) is 7.16. The van der Waals surface area contributed by atoms with Gasteiger partial charge in [0.25, 0.3) is 0 Å². The van der Waals surface area contributed by atoms with Gasteiger partial charge in [-0.1, -0.05) is 34.6 Å². The van der Waals surface area contributed by atoms with E-state index in [9.17, 15) is 23.1 Å². The maximum atomic E-state index is 10.7. The molecule has 0 bridgehead atoms. The second-order valence-electron chi connectivity index (χ2n) is 5.41. The third-order valence-corrected chi connectivity index (χ3v) is 5.00. The predicted octanol–water partition coefficient (Wildman–Crippen LogP) is 0.598. The van der Waals surface area contributed by atoms with Gasteiger partial charge < -0.3 is 25.7 Å². The maximum absolute atomic E-state index is 10.7. The van der Waals surface area contributed by atoms with Crippen molar-refractivity contribution < 1.29 is 61.6 Å². The van der Waals surface area contributed by atoms with E-state index in [0.29, 0.717) is 5.75 Å². The van der Waals surface area contributed by atoms with E-state index in [-0.39, 0.29) is 25.6 Å². The van der Waals surface area contributed by atoms with Crippen molar-refractivity contribution in [2.45, 2.75) is 46.2 Å². The number of carboxylic acids is 1. The van der Waals surface area contributed by atoms with Crippen molar-refractivity contribution in [2.24, 2.45) is 5.73 Å². The number of nitrogens with two attached hydrogens (primary N) is 1. The first kappa shape index (κ1) is 34.9. The number of carbonyl (C=O) groups excluding carboxylic acids is 1. The van der Waals surface area contributed by atoms with Crippen molar-refractivity contribution in [1.82, 2.24) is 0 Å². The van der Waals surface area contributed by atoms with E-state index in [2.05, 4.69) is 34.6 Å². The van der Waals surface area contributed by atoms with Crippen LogP contribution in [0, 0.1) is 34.6 Å². The number of hydrogen-bond acceptors (Lipinski definition) is 7. The van der Waals surface area contributed by atoms with Crippen molar-refractivity contribution in [3.05, 3.63) is 27.8 Å². The van der Waals surface area contributed by atoms with Gasteiger partial charge in [0.1, 0.15) is 0 Å². The van der Waals surface area contributed by atoms with Gasteiger partial charge in [-0.2, -0.15) is 52.8 Å². The minimum absolute atomic E-state index is 0. The van der Waals surface area contributed by atoms with Crippen LogP contribution in [0.15, 0.2) is 0 Å². The quantitative estimate of drug-likeness (QED) is 0.292. The number of hydrogen-bond donors (Lipinski definition) is 1. The average molecular weight is 629 g/mol. The number of rotatable bonds is 3. The molecule has 0 amide bonds. The summed E-state index contributed by atoms with van der Waals surface area (Å²) in [5.74, 6) is -0.762. The number of halogens is 3. The third-order valence-electron chi connectivity index (χ3n) is 3.74. The fourth-order valence-corrected chi connectivity index (χ4v) is 2.15. The summed E-state index contributed by atoms with van der Waals surface area (Å²) in [7, 11) is -6.09. The molecule has 1 atom stereocenters. The summed E-state index contributed by atoms with van der Waals surface area (Å²) in [6.45, 7) is 11.0. The first-order valence-corrected chi connectivity index (χ1v) is 9.96. The van der Waals surface area contributed by atoms with Crippen LogP contribution in [0.3, 0.4) is 0 Å². The Morgan fingerprint density at radius 1 is 1.18 bits per heavy atom. The smallest absolute Gasteiger partial charge is 0.741 e.